The Morgan fingerprint density at radius 1 is 1.10 bits per heavy atom. The Morgan fingerprint density at radius 2 is 1.83 bits per heavy atom. The van der Waals surface area contributed by atoms with Gasteiger partial charge in [0, 0.05) is 36.8 Å². The number of likely N-dealkylation sites (tertiary alicyclic amines) is 1. The van der Waals surface area contributed by atoms with Crippen molar-refractivity contribution in [2.45, 2.75) is 32.7 Å². The van der Waals surface area contributed by atoms with Crippen LogP contribution in [0.5, 0.6) is 0 Å². The van der Waals surface area contributed by atoms with Crippen molar-refractivity contribution >= 4 is 17.5 Å². The average molecular weight is 391 g/mol. The Labute approximate surface area is 169 Å². The number of fused-ring (bicyclic) bond motifs is 1. The molecule has 1 N–H and O–H groups in total. The van der Waals surface area contributed by atoms with Crippen molar-refractivity contribution in [3.05, 3.63) is 54.4 Å². The minimum atomic E-state index is -0.175. The Morgan fingerprint density at radius 3 is 2.52 bits per heavy atom. The molecule has 1 fully saturated rings. The summed E-state index contributed by atoms with van der Waals surface area (Å²) in [5.41, 5.74) is 2.90. The van der Waals surface area contributed by atoms with Crippen molar-refractivity contribution in [1.29, 1.82) is 0 Å². The van der Waals surface area contributed by atoms with Gasteiger partial charge in [0.2, 0.25) is 5.91 Å². The van der Waals surface area contributed by atoms with E-state index in [9.17, 15) is 9.59 Å². The van der Waals surface area contributed by atoms with Crippen molar-refractivity contribution in [1.82, 2.24) is 24.8 Å². The van der Waals surface area contributed by atoms with E-state index in [0.29, 0.717) is 24.3 Å². The summed E-state index contributed by atoms with van der Waals surface area (Å²) in [6.45, 7) is 5.18. The molecule has 0 aliphatic carbocycles. The van der Waals surface area contributed by atoms with Gasteiger partial charge in [-0.15, -0.1) is 0 Å². The van der Waals surface area contributed by atoms with Crippen LogP contribution in [-0.2, 0) is 4.79 Å². The molecule has 2 aromatic heterocycles. The van der Waals surface area contributed by atoms with Gasteiger partial charge in [0.1, 0.15) is 5.56 Å². The van der Waals surface area contributed by atoms with Gasteiger partial charge in [-0.3, -0.25) is 9.59 Å². The van der Waals surface area contributed by atoms with E-state index in [0.717, 1.165) is 24.1 Å². The zero-order chi connectivity index (χ0) is 20.4. The van der Waals surface area contributed by atoms with Crippen LogP contribution in [-0.4, -0.2) is 50.4 Å². The van der Waals surface area contributed by atoms with E-state index >= 15 is 0 Å². The summed E-state index contributed by atoms with van der Waals surface area (Å²) in [5.74, 6) is 0.00574. The molecule has 0 spiro atoms. The fourth-order valence-corrected chi connectivity index (χ4v) is 3.75. The quantitative estimate of drug-likeness (QED) is 0.742. The number of hydrogen-bond donors (Lipinski definition) is 1. The molecule has 1 saturated heterocycles. The summed E-state index contributed by atoms with van der Waals surface area (Å²) in [4.78, 5) is 31.3. The Bertz CT molecular complexity index is 1020. The number of nitrogens with zero attached hydrogens (tertiary/aromatic N) is 4. The summed E-state index contributed by atoms with van der Waals surface area (Å²) in [6, 6.07) is 11.8. The highest BCUT2D eigenvalue weighted by atomic mass is 16.2. The molecule has 2 amide bonds. The number of benzene rings is 1. The van der Waals surface area contributed by atoms with Gasteiger partial charge in [-0.25, -0.2) is 9.50 Å². The van der Waals surface area contributed by atoms with Crippen molar-refractivity contribution in [3.8, 4) is 11.3 Å². The van der Waals surface area contributed by atoms with Crippen LogP contribution < -0.4 is 5.32 Å². The second-order valence-corrected chi connectivity index (χ2v) is 7.72. The van der Waals surface area contributed by atoms with Crippen LogP contribution in [0.15, 0.2) is 48.8 Å². The first-order chi connectivity index (χ1) is 14.0. The number of rotatable bonds is 4. The zero-order valence-corrected chi connectivity index (χ0v) is 16.7. The second-order valence-electron chi connectivity index (χ2n) is 7.72. The highest BCUT2D eigenvalue weighted by molar-refractivity contribution is 6.00. The Hall–Kier alpha value is -3.22. The maximum Gasteiger partial charge on any atom is 0.256 e. The van der Waals surface area contributed by atoms with E-state index < -0.39 is 0 Å². The van der Waals surface area contributed by atoms with Gasteiger partial charge in [0.05, 0.1) is 11.9 Å². The molecule has 0 unspecified atom stereocenters. The predicted octanol–water partition coefficient (Wildman–Crippen LogP) is 2.77. The summed E-state index contributed by atoms with van der Waals surface area (Å²) in [6.07, 6.45) is 4.78. The van der Waals surface area contributed by atoms with E-state index in [-0.39, 0.29) is 23.8 Å². The molecule has 7 heteroatoms. The molecule has 1 aliphatic rings. The van der Waals surface area contributed by atoms with E-state index in [4.69, 9.17) is 0 Å². The first-order valence-electron chi connectivity index (χ1n) is 10.0. The molecule has 4 rings (SSSR count). The fraction of sp³-hybridized carbons (Fsp3) is 0.364. The van der Waals surface area contributed by atoms with Gasteiger partial charge >= 0.3 is 0 Å². The standard InChI is InChI=1S/C22H25N5O2/c1-15(2)22(29)26-12-9-17(10-13-26)25-21(28)18-14-24-27-19(8-11-23-20(18)27)16-6-4-3-5-7-16/h3-8,11,14-15,17H,9-10,12-13H2,1-2H3,(H,25,28). The first-order valence-corrected chi connectivity index (χ1v) is 10.0. The van der Waals surface area contributed by atoms with E-state index in [2.05, 4.69) is 15.4 Å². The Balaban J connectivity index is 1.48. The van der Waals surface area contributed by atoms with Crippen LogP contribution >= 0.6 is 0 Å². The minimum absolute atomic E-state index is 0.00445. The molecule has 0 atom stereocenters. The molecular formula is C22H25N5O2. The molecule has 3 heterocycles. The highest BCUT2D eigenvalue weighted by Gasteiger charge is 2.26. The third-order valence-corrected chi connectivity index (χ3v) is 5.35. The number of nitrogens with one attached hydrogen (secondary N) is 1. The van der Waals surface area contributed by atoms with Gasteiger partial charge in [-0.2, -0.15) is 5.10 Å². The molecule has 1 aliphatic heterocycles. The summed E-state index contributed by atoms with van der Waals surface area (Å²) in [7, 11) is 0. The molecule has 0 saturated carbocycles. The van der Waals surface area contributed by atoms with E-state index in [1.165, 1.54) is 0 Å². The maximum atomic E-state index is 12.9. The minimum Gasteiger partial charge on any atom is -0.349 e. The molecule has 3 aromatic rings. The normalized spacial score (nSPS) is 15.1. The molecule has 0 bridgehead atoms. The number of hydrogen-bond acceptors (Lipinski definition) is 4. The summed E-state index contributed by atoms with van der Waals surface area (Å²) >= 11 is 0. The predicted molar refractivity (Wildman–Crippen MR) is 110 cm³/mol. The Kier molecular flexibility index (Phi) is 5.29. The number of piperidine rings is 1. The van der Waals surface area contributed by atoms with Crippen molar-refractivity contribution in [2.75, 3.05) is 13.1 Å². The molecule has 1 aromatic carbocycles. The first kappa shape index (κ1) is 19.1. The number of amides is 2. The topological polar surface area (TPSA) is 79.6 Å². The van der Waals surface area contributed by atoms with Crippen molar-refractivity contribution in [3.63, 3.8) is 0 Å². The smallest absolute Gasteiger partial charge is 0.256 e. The monoisotopic (exact) mass is 391 g/mol. The van der Waals surface area contributed by atoms with Crippen LogP contribution in [0.1, 0.15) is 37.0 Å². The SMILES string of the molecule is CC(C)C(=O)N1CCC(NC(=O)c2cnn3c(-c4ccccc4)ccnc23)CC1. The van der Waals surface area contributed by atoms with E-state index in [1.54, 1.807) is 16.9 Å². The second kappa shape index (κ2) is 8.03. The van der Waals surface area contributed by atoms with Crippen LogP contribution in [0, 0.1) is 5.92 Å². The highest BCUT2D eigenvalue weighted by Crippen LogP contribution is 2.21. The van der Waals surface area contributed by atoms with Gasteiger partial charge in [0.15, 0.2) is 5.65 Å². The summed E-state index contributed by atoms with van der Waals surface area (Å²) < 4.78 is 1.70. The van der Waals surface area contributed by atoms with Crippen LogP contribution in [0.3, 0.4) is 0 Å². The lowest BCUT2D eigenvalue weighted by Gasteiger charge is -2.33. The zero-order valence-electron chi connectivity index (χ0n) is 16.7. The fourth-order valence-electron chi connectivity index (χ4n) is 3.75. The van der Waals surface area contributed by atoms with Crippen molar-refractivity contribution < 1.29 is 9.59 Å². The number of aromatic nitrogens is 3. The molecule has 150 valence electrons. The lowest BCUT2D eigenvalue weighted by atomic mass is 10.0. The van der Waals surface area contributed by atoms with Gasteiger partial charge in [0.25, 0.3) is 5.91 Å². The van der Waals surface area contributed by atoms with Gasteiger partial charge in [-0.1, -0.05) is 44.2 Å². The van der Waals surface area contributed by atoms with Crippen LogP contribution in [0.4, 0.5) is 0 Å². The largest absolute Gasteiger partial charge is 0.349 e. The van der Waals surface area contributed by atoms with Gasteiger partial charge in [-0.05, 0) is 18.9 Å². The molecule has 7 nitrogen and oxygen atoms in total. The number of carbonyl (C=O) groups excluding carboxylic acids is 2. The van der Waals surface area contributed by atoms with Crippen LogP contribution in [0.25, 0.3) is 16.9 Å². The van der Waals surface area contributed by atoms with E-state index in [1.807, 2.05) is 55.1 Å². The lowest BCUT2D eigenvalue weighted by Crippen LogP contribution is -2.47. The van der Waals surface area contributed by atoms with Crippen LogP contribution in [0.2, 0.25) is 0 Å². The number of carbonyl (C=O) groups is 2. The average Bonchev–Trinajstić information content (AvgIpc) is 3.19. The maximum absolute atomic E-state index is 12.9. The third kappa shape index (κ3) is 3.85. The molecule has 0 radical (unpaired) electrons. The molecular weight excluding hydrogens is 366 g/mol. The lowest BCUT2D eigenvalue weighted by molar-refractivity contribution is -0.135. The third-order valence-electron chi connectivity index (χ3n) is 5.35. The van der Waals surface area contributed by atoms with Gasteiger partial charge < -0.3 is 10.2 Å². The summed E-state index contributed by atoms with van der Waals surface area (Å²) in [5, 5.41) is 7.50. The van der Waals surface area contributed by atoms with Crippen molar-refractivity contribution in [2.24, 2.45) is 5.92 Å². The molecule has 29 heavy (non-hydrogen) atoms.